The van der Waals surface area contributed by atoms with Crippen LogP contribution in [0.1, 0.15) is 51.1 Å². The van der Waals surface area contributed by atoms with Gasteiger partial charge in [-0.2, -0.15) is 0 Å². The number of nitrogen functional groups attached to an aromatic ring is 3. The average Bonchev–Trinajstić information content (AvgIpc) is 3.08. The largest absolute Gasteiger partial charge is 0.383 e. The maximum atomic E-state index is 6.76. The minimum absolute atomic E-state index is 0.122. The molecule has 6 heterocycles. The van der Waals surface area contributed by atoms with E-state index in [1.165, 1.54) is 0 Å². The van der Waals surface area contributed by atoms with Crippen LogP contribution in [0.5, 0.6) is 0 Å². The van der Waals surface area contributed by atoms with Crippen molar-refractivity contribution in [2.75, 3.05) is 17.2 Å². The fraction of sp³-hybridized carbons (Fsp3) is 0.111. The third kappa shape index (κ3) is 4.65. The topological polar surface area (TPSA) is 155 Å². The first-order valence-electron chi connectivity index (χ1n) is 14.6. The van der Waals surface area contributed by atoms with E-state index in [0.717, 1.165) is 39.0 Å². The third-order valence-electron chi connectivity index (χ3n) is 8.91. The lowest BCUT2D eigenvalue weighted by Gasteiger charge is -2.63. The summed E-state index contributed by atoms with van der Waals surface area (Å²) < 4.78 is 0. The van der Waals surface area contributed by atoms with E-state index in [-0.39, 0.29) is 17.8 Å². The highest BCUT2D eigenvalue weighted by atomic mass is 14.9. The number of hydrogen-bond donors (Lipinski definition) is 3. The normalized spacial score (nSPS) is 21.2. The van der Waals surface area contributed by atoms with E-state index in [0.29, 0.717) is 17.5 Å². The standard InChI is InChI=1S/C36H31N9/c37-33-23(7-3-16-43-33)19-29(24-8-1-13-40-20-24)36(26-10-4-15-42-22-26)31(27-11-5-17-44-34(27)38)30(25-9-2-14-41-21-25)32(36)28-12-6-18-45-35(28)39/h1-22,30-32H,(H2,37,43)(H2,38,44)(H2,39,45). The molecule has 6 N–H and O–H groups in total. The molecule has 0 spiro atoms. The van der Waals surface area contributed by atoms with E-state index < -0.39 is 5.41 Å². The van der Waals surface area contributed by atoms with Crippen molar-refractivity contribution in [3.63, 3.8) is 0 Å². The van der Waals surface area contributed by atoms with Gasteiger partial charge in [-0.25, -0.2) is 15.0 Å². The van der Waals surface area contributed by atoms with E-state index >= 15 is 0 Å². The van der Waals surface area contributed by atoms with Gasteiger partial charge in [0.15, 0.2) is 0 Å². The number of allylic oxidation sites excluding steroid dienone is 1. The van der Waals surface area contributed by atoms with Gasteiger partial charge in [0.25, 0.3) is 0 Å². The van der Waals surface area contributed by atoms with Gasteiger partial charge in [0.05, 0.1) is 0 Å². The molecule has 1 aliphatic rings. The molecule has 9 heteroatoms. The monoisotopic (exact) mass is 589 g/mol. The Morgan fingerprint density at radius 1 is 0.578 bits per heavy atom. The second-order valence-electron chi connectivity index (χ2n) is 11.1. The van der Waals surface area contributed by atoms with Gasteiger partial charge >= 0.3 is 0 Å². The van der Waals surface area contributed by atoms with Gasteiger partial charge in [-0.1, -0.05) is 30.3 Å². The molecule has 1 saturated carbocycles. The summed E-state index contributed by atoms with van der Waals surface area (Å²) in [5.74, 6) is 0.714. The molecule has 0 amide bonds. The summed E-state index contributed by atoms with van der Waals surface area (Å²) in [7, 11) is 0. The molecule has 0 aliphatic heterocycles. The summed E-state index contributed by atoms with van der Waals surface area (Å²) >= 11 is 0. The van der Waals surface area contributed by atoms with Crippen LogP contribution < -0.4 is 17.2 Å². The maximum Gasteiger partial charge on any atom is 0.130 e. The second kappa shape index (κ2) is 11.6. The highest BCUT2D eigenvalue weighted by molar-refractivity contribution is 5.93. The molecule has 1 fully saturated rings. The van der Waals surface area contributed by atoms with Gasteiger partial charge in [-0.15, -0.1) is 0 Å². The van der Waals surface area contributed by atoms with Crippen LogP contribution >= 0.6 is 0 Å². The molecule has 6 aromatic heterocycles. The number of rotatable bonds is 7. The van der Waals surface area contributed by atoms with Crippen molar-refractivity contribution in [3.05, 3.63) is 162 Å². The average molecular weight is 590 g/mol. The van der Waals surface area contributed by atoms with E-state index in [4.69, 9.17) is 17.2 Å². The Morgan fingerprint density at radius 3 is 1.67 bits per heavy atom. The quantitative estimate of drug-likeness (QED) is 0.214. The van der Waals surface area contributed by atoms with Crippen LogP contribution in [0.3, 0.4) is 0 Å². The molecular formula is C36H31N9. The van der Waals surface area contributed by atoms with E-state index in [1.54, 1.807) is 37.2 Å². The summed E-state index contributed by atoms with van der Waals surface area (Å²) in [6.07, 6.45) is 18.3. The van der Waals surface area contributed by atoms with Gasteiger partial charge < -0.3 is 17.2 Å². The van der Waals surface area contributed by atoms with Gasteiger partial charge in [-0.3, -0.25) is 15.0 Å². The minimum Gasteiger partial charge on any atom is -0.383 e. The van der Waals surface area contributed by atoms with Crippen LogP contribution in [0.25, 0.3) is 11.6 Å². The van der Waals surface area contributed by atoms with Crippen molar-refractivity contribution in [3.8, 4) is 0 Å². The number of hydrogen-bond acceptors (Lipinski definition) is 9. The van der Waals surface area contributed by atoms with E-state index in [2.05, 4.69) is 66.3 Å². The first-order chi connectivity index (χ1) is 22.1. The van der Waals surface area contributed by atoms with E-state index in [1.807, 2.05) is 61.1 Å². The molecule has 0 saturated heterocycles. The van der Waals surface area contributed by atoms with Crippen LogP contribution in [-0.2, 0) is 5.41 Å². The Balaban J connectivity index is 1.66. The summed E-state index contributed by atoms with van der Waals surface area (Å²) in [6.45, 7) is 0. The fourth-order valence-electron chi connectivity index (χ4n) is 7.18. The van der Waals surface area contributed by atoms with Crippen LogP contribution in [0.2, 0.25) is 0 Å². The molecule has 0 bridgehead atoms. The molecule has 1 aliphatic carbocycles. The zero-order valence-electron chi connectivity index (χ0n) is 24.3. The lowest BCUT2D eigenvalue weighted by Crippen LogP contribution is -2.56. The zero-order valence-corrected chi connectivity index (χ0v) is 24.3. The summed E-state index contributed by atoms with van der Waals surface area (Å²) in [4.78, 5) is 27.3. The van der Waals surface area contributed by atoms with Crippen LogP contribution in [0.4, 0.5) is 17.5 Å². The number of pyridine rings is 6. The minimum atomic E-state index is -0.811. The molecular weight excluding hydrogens is 558 g/mol. The second-order valence-corrected chi connectivity index (χ2v) is 11.1. The lowest BCUT2D eigenvalue weighted by molar-refractivity contribution is 0.162. The highest BCUT2D eigenvalue weighted by Gasteiger charge is 2.66. The third-order valence-corrected chi connectivity index (χ3v) is 8.91. The Kier molecular flexibility index (Phi) is 7.19. The van der Waals surface area contributed by atoms with Gasteiger partial charge in [0.1, 0.15) is 17.5 Å². The van der Waals surface area contributed by atoms with Crippen molar-refractivity contribution in [2.45, 2.75) is 23.2 Å². The predicted molar refractivity (Wildman–Crippen MR) is 176 cm³/mol. The Hall–Kier alpha value is -5.96. The van der Waals surface area contributed by atoms with Crippen LogP contribution in [-0.4, -0.2) is 29.9 Å². The fourth-order valence-corrected chi connectivity index (χ4v) is 7.18. The van der Waals surface area contributed by atoms with Gasteiger partial charge in [0, 0.05) is 84.5 Å². The van der Waals surface area contributed by atoms with Crippen molar-refractivity contribution < 1.29 is 0 Å². The molecule has 220 valence electrons. The molecule has 7 rings (SSSR count). The molecule has 6 aromatic rings. The molecule has 0 radical (unpaired) electrons. The Labute approximate surface area is 261 Å². The first kappa shape index (κ1) is 27.8. The number of aromatic nitrogens is 6. The number of nitrogens with two attached hydrogens (primary N) is 3. The molecule has 2 atom stereocenters. The summed E-state index contributed by atoms with van der Waals surface area (Å²) in [6, 6.07) is 24.0. The smallest absolute Gasteiger partial charge is 0.130 e. The zero-order chi connectivity index (χ0) is 30.8. The summed E-state index contributed by atoms with van der Waals surface area (Å²) in [5.41, 5.74) is 25.7. The van der Waals surface area contributed by atoms with Crippen molar-refractivity contribution >= 4 is 29.1 Å². The van der Waals surface area contributed by atoms with Gasteiger partial charge in [-0.05, 0) is 81.9 Å². The van der Waals surface area contributed by atoms with E-state index in [9.17, 15) is 0 Å². The maximum absolute atomic E-state index is 6.76. The van der Waals surface area contributed by atoms with Crippen molar-refractivity contribution in [1.29, 1.82) is 0 Å². The van der Waals surface area contributed by atoms with Gasteiger partial charge in [0.2, 0.25) is 0 Å². The number of anilines is 3. The Morgan fingerprint density at radius 2 is 1.13 bits per heavy atom. The van der Waals surface area contributed by atoms with Crippen LogP contribution in [0, 0.1) is 0 Å². The van der Waals surface area contributed by atoms with Crippen LogP contribution in [0.15, 0.2) is 129 Å². The highest BCUT2D eigenvalue weighted by Crippen LogP contribution is 2.75. The molecule has 9 nitrogen and oxygen atoms in total. The number of nitrogens with zero attached hydrogens (tertiary/aromatic N) is 6. The first-order valence-corrected chi connectivity index (χ1v) is 14.6. The molecule has 2 unspecified atom stereocenters. The Bertz CT molecular complexity index is 1910. The molecule has 45 heavy (non-hydrogen) atoms. The predicted octanol–water partition coefficient (Wildman–Crippen LogP) is 5.65. The van der Waals surface area contributed by atoms with Crippen molar-refractivity contribution in [1.82, 2.24) is 29.9 Å². The van der Waals surface area contributed by atoms with Crippen molar-refractivity contribution in [2.24, 2.45) is 0 Å². The molecule has 0 aromatic carbocycles. The summed E-state index contributed by atoms with van der Waals surface area (Å²) in [5, 5.41) is 0. The SMILES string of the molecule is Nc1ncccc1C=C(c1cccnc1)C1(c2cccnc2)C(c2cccnc2N)C(c2cccnc2)C1c1cccnc1N. The lowest BCUT2D eigenvalue weighted by atomic mass is 9.38.